The molecule has 3 rings (SSSR count). The lowest BCUT2D eigenvalue weighted by molar-refractivity contribution is 0.0601. The van der Waals surface area contributed by atoms with Crippen molar-refractivity contribution in [3.8, 4) is 0 Å². The van der Waals surface area contributed by atoms with Gasteiger partial charge in [-0.05, 0) is 29.3 Å². The lowest BCUT2D eigenvalue weighted by Gasteiger charge is -2.12. The number of aromatic nitrogens is 2. The standard InChI is InChI=1S/C20H19ClN4O3/c1-28-19(26)17-10-16(6-7-18(17)21)24-20(27)23-11-14-4-2-3-5-15(14)12-25-9-8-22-13-25/h2-10,13H,11-12H2,1H3,(H2,23,24,27). The van der Waals surface area contributed by atoms with E-state index in [1.54, 1.807) is 18.6 Å². The minimum absolute atomic E-state index is 0.188. The molecule has 8 heteroatoms. The summed E-state index contributed by atoms with van der Waals surface area (Å²) < 4.78 is 6.64. The fraction of sp³-hybridized carbons (Fsp3) is 0.150. The van der Waals surface area contributed by atoms with E-state index in [4.69, 9.17) is 11.6 Å². The number of esters is 1. The van der Waals surface area contributed by atoms with E-state index in [0.29, 0.717) is 18.8 Å². The van der Waals surface area contributed by atoms with Crippen molar-refractivity contribution in [2.75, 3.05) is 12.4 Å². The normalized spacial score (nSPS) is 10.4. The number of nitrogens with one attached hydrogen (secondary N) is 2. The summed E-state index contributed by atoms with van der Waals surface area (Å²) in [6.45, 7) is 1.02. The summed E-state index contributed by atoms with van der Waals surface area (Å²) in [7, 11) is 1.27. The molecular formula is C20H19ClN4O3. The van der Waals surface area contributed by atoms with Gasteiger partial charge in [0, 0.05) is 31.2 Å². The predicted octanol–water partition coefficient (Wildman–Crippen LogP) is 3.69. The van der Waals surface area contributed by atoms with Gasteiger partial charge in [0.1, 0.15) is 0 Å². The molecule has 0 fully saturated rings. The SMILES string of the molecule is COC(=O)c1cc(NC(=O)NCc2ccccc2Cn2ccnc2)ccc1Cl. The van der Waals surface area contributed by atoms with Crippen molar-refractivity contribution in [3.63, 3.8) is 0 Å². The molecule has 0 aliphatic rings. The summed E-state index contributed by atoms with van der Waals surface area (Å²) >= 11 is 5.99. The van der Waals surface area contributed by atoms with Crippen LogP contribution >= 0.6 is 11.6 Å². The van der Waals surface area contributed by atoms with E-state index < -0.39 is 12.0 Å². The van der Waals surface area contributed by atoms with Crippen molar-refractivity contribution >= 4 is 29.3 Å². The second-order valence-electron chi connectivity index (χ2n) is 6.00. The maximum atomic E-state index is 12.3. The number of halogens is 1. The van der Waals surface area contributed by atoms with Crippen LogP contribution in [-0.2, 0) is 17.8 Å². The monoisotopic (exact) mass is 398 g/mol. The van der Waals surface area contributed by atoms with Crippen molar-refractivity contribution in [1.29, 1.82) is 0 Å². The number of carbonyl (C=O) groups excluding carboxylic acids is 2. The van der Waals surface area contributed by atoms with Crippen LogP contribution in [0, 0.1) is 0 Å². The highest BCUT2D eigenvalue weighted by atomic mass is 35.5. The molecule has 0 saturated heterocycles. The Morgan fingerprint density at radius 2 is 1.96 bits per heavy atom. The summed E-state index contributed by atoms with van der Waals surface area (Å²) in [6, 6.07) is 12.1. The molecule has 0 aliphatic carbocycles. The molecule has 3 aromatic rings. The fourth-order valence-electron chi connectivity index (χ4n) is 2.68. The van der Waals surface area contributed by atoms with E-state index in [9.17, 15) is 9.59 Å². The third-order valence-corrected chi connectivity index (χ3v) is 4.43. The van der Waals surface area contributed by atoms with Gasteiger partial charge in [0.05, 0.1) is 24.0 Å². The zero-order valence-corrected chi connectivity index (χ0v) is 15.9. The Labute approximate surface area is 167 Å². The number of imidazole rings is 1. The molecule has 28 heavy (non-hydrogen) atoms. The summed E-state index contributed by atoms with van der Waals surface area (Å²) in [4.78, 5) is 28.0. The van der Waals surface area contributed by atoms with E-state index in [1.165, 1.54) is 19.2 Å². The second-order valence-corrected chi connectivity index (χ2v) is 6.40. The molecule has 2 aromatic carbocycles. The minimum atomic E-state index is -0.567. The third-order valence-electron chi connectivity index (χ3n) is 4.10. The van der Waals surface area contributed by atoms with Crippen LogP contribution in [0.5, 0.6) is 0 Å². The molecule has 0 bridgehead atoms. The number of methoxy groups -OCH3 is 1. The highest BCUT2D eigenvalue weighted by Gasteiger charge is 2.12. The molecule has 0 saturated carbocycles. The van der Waals surface area contributed by atoms with E-state index >= 15 is 0 Å². The van der Waals surface area contributed by atoms with Gasteiger partial charge in [0.2, 0.25) is 0 Å². The highest BCUT2D eigenvalue weighted by molar-refractivity contribution is 6.33. The summed E-state index contributed by atoms with van der Waals surface area (Å²) in [5, 5.41) is 5.77. The van der Waals surface area contributed by atoms with E-state index in [1.807, 2.05) is 35.0 Å². The molecule has 0 aliphatic heterocycles. The van der Waals surface area contributed by atoms with Gasteiger partial charge in [-0.1, -0.05) is 35.9 Å². The van der Waals surface area contributed by atoms with Crippen molar-refractivity contribution < 1.29 is 14.3 Å². The molecule has 0 spiro atoms. The molecule has 0 unspecified atom stereocenters. The van der Waals surface area contributed by atoms with Crippen molar-refractivity contribution in [3.05, 3.63) is 82.9 Å². The van der Waals surface area contributed by atoms with Gasteiger partial charge >= 0.3 is 12.0 Å². The molecule has 2 amide bonds. The van der Waals surface area contributed by atoms with Crippen LogP contribution in [-0.4, -0.2) is 28.7 Å². The number of ether oxygens (including phenoxy) is 1. The number of urea groups is 1. The smallest absolute Gasteiger partial charge is 0.339 e. The van der Waals surface area contributed by atoms with Crippen LogP contribution in [0.1, 0.15) is 21.5 Å². The van der Waals surface area contributed by atoms with Crippen LogP contribution in [0.4, 0.5) is 10.5 Å². The molecule has 2 N–H and O–H groups in total. The fourth-order valence-corrected chi connectivity index (χ4v) is 2.88. The third kappa shape index (κ3) is 4.89. The van der Waals surface area contributed by atoms with E-state index in [-0.39, 0.29) is 10.6 Å². The number of benzene rings is 2. The second kappa shape index (κ2) is 9.05. The van der Waals surface area contributed by atoms with E-state index in [0.717, 1.165) is 11.1 Å². The number of rotatable bonds is 6. The molecular weight excluding hydrogens is 380 g/mol. The molecule has 1 aromatic heterocycles. The highest BCUT2D eigenvalue weighted by Crippen LogP contribution is 2.21. The number of nitrogens with zero attached hydrogens (tertiary/aromatic N) is 2. The molecule has 7 nitrogen and oxygen atoms in total. The van der Waals surface area contributed by atoms with Crippen LogP contribution < -0.4 is 10.6 Å². The zero-order valence-electron chi connectivity index (χ0n) is 15.2. The first-order chi connectivity index (χ1) is 13.6. The quantitative estimate of drug-likeness (QED) is 0.620. The number of hydrogen-bond acceptors (Lipinski definition) is 4. The van der Waals surface area contributed by atoms with Gasteiger partial charge in [-0.2, -0.15) is 0 Å². The summed E-state index contributed by atoms with van der Waals surface area (Å²) in [5.41, 5.74) is 2.71. The molecule has 144 valence electrons. The molecule has 0 atom stereocenters. The van der Waals surface area contributed by atoms with Crippen LogP contribution in [0.3, 0.4) is 0 Å². The van der Waals surface area contributed by atoms with Gasteiger partial charge in [0.25, 0.3) is 0 Å². The van der Waals surface area contributed by atoms with E-state index in [2.05, 4.69) is 20.4 Å². The topological polar surface area (TPSA) is 85.2 Å². The van der Waals surface area contributed by atoms with Crippen LogP contribution in [0.2, 0.25) is 5.02 Å². The van der Waals surface area contributed by atoms with Crippen molar-refractivity contribution in [1.82, 2.24) is 14.9 Å². The van der Waals surface area contributed by atoms with Crippen LogP contribution in [0.15, 0.2) is 61.2 Å². The van der Waals surface area contributed by atoms with Gasteiger partial charge in [-0.25, -0.2) is 14.6 Å². The van der Waals surface area contributed by atoms with Crippen molar-refractivity contribution in [2.24, 2.45) is 0 Å². The van der Waals surface area contributed by atoms with Crippen LogP contribution in [0.25, 0.3) is 0 Å². The number of amides is 2. The first kappa shape index (κ1) is 19.4. The Kier molecular flexibility index (Phi) is 6.29. The average Bonchev–Trinajstić information content (AvgIpc) is 3.21. The van der Waals surface area contributed by atoms with Gasteiger partial charge in [-0.15, -0.1) is 0 Å². The Hall–Kier alpha value is -3.32. The van der Waals surface area contributed by atoms with Crippen molar-refractivity contribution in [2.45, 2.75) is 13.1 Å². The maximum absolute atomic E-state index is 12.3. The minimum Gasteiger partial charge on any atom is -0.465 e. The lowest BCUT2D eigenvalue weighted by Crippen LogP contribution is -2.28. The summed E-state index contributed by atoms with van der Waals surface area (Å²) in [5.74, 6) is -0.567. The molecule has 1 heterocycles. The predicted molar refractivity (Wildman–Crippen MR) is 106 cm³/mol. The number of anilines is 1. The zero-order chi connectivity index (χ0) is 19.9. The number of carbonyl (C=O) groups is 2. The average molecular weight is 399 g/mol. The lowest BCUT2D eigenvalue weighted by atomic mass is 10.1. The van der Waals surface area contributed by atoms with Gasteiger partial charge in [0.15, 0.2) is 0 Å². The Balaban J connectivity index is 1.63. The Morgan fingerprint density at radius 1 is 1.18 bits per heavy atom. The van der Waals surface area contributed by atoms with Gasteiger partial charge in [-0.3, -0.25) is 0 Å². The first-order valence-electron chi connectivity index (χ1n) is 8.52. The van der Waals surface area contributed by atoms with Gasteiger partial charge < -0.3 is 19.9 Å². The first-order valence-corrected chi connectivity index (χ1v) is 8.90. The largest absolute Gasteiger partial charge is 0.465 e. The molecule has 0 radical (unpaired) electrons. The Bertz CT molecular complexity index is 973. The number of hydrogen-bond donors (Lipinski definition) is 2. The Morgan fingerprint density at radius 3 is 2.68 bits per heavy atom. The summed E-state index contributed by atoms with van der Waals surface area (Å²) in [6.07, 6.45) is 5.36. The maximum Gasteiger partial charge on any atom is 0.339 e.